The number of rotatable bonds is 3. The molecule has 2 bridgehead atoms. The number of hydrogen-bond donors (Lipinski definition) is 4. The number of phenolic OH excluding ortho intramolecular Hbond substituents is 1. The van der Waals surface area contributed by atoms with Crippen LogP contribution in [0.1, 0.15) is 77.0 Å². The van der Waals surface area contributed by atoms with Crippen LogP contribution in [-0.2, 0) is 37.6 Å². The predicted octanol–water partition coefficient (Wildman–Crippen LogP) is 4.93. The number of para-hydroxylation sites is 1. The number of nitrogens with one attached hydrogen (secondary N) is 3. The average Bonchev–Trinajstić information content (AvgIpc) is 3.81. The Morgan fingerprint density at radius 1 is 1.18 bits per heavy atom. The summed E-state index contributed by atoms with van der Waals surface area (Å²) in [5, 5.41) is 31.5. The number of aromatic hydroxyl groups is 1. The zero-order valence-electron chi connectivity index (χ0n) is 31.1. The quantitative estimate of drug-likeness (QED) is 0.164. The highest BCUT2D eigenvalue weighted by Gasteiger charge is 2.69. The Morgan fingerprint density at radius 3 is 2.73 bits per heavy atom. The van der Waals surface area contributed by atoms with Gasteiger partial charge >= 0.3 is 11.9 Å². The number of nitriles is 1. The number of esters is 2. The fraction of sp³-hybridized carbons (Fsp3) is 0.439. The van der Waals surface area contributed by atoms with Crippen molar-refractivity contribution in [2.45, 2.75) is 87.6 Å². The Labute approximate surface area is 321 Å². The minimum Gasteiger partial charge on any atom is -0.504 e. The van der Waals surface area contributed by atoms with Gasteiger partial charge in [0.25, 0.3) is 0 Å². The first kappa shape index (κ1) is 34.5. The number of nitrogens with zero attached hydrogens (tertiary/aromatic N) is 2. The number of aryl methyl sites for hydroxylation is 1. The molecule has 0 radical (unpaired) electrons. The molecule has 4 N–H and O–H groups in total. The van der Waals surface area contributed by atoms with E-state index in [9.17, 15) is 15.2 Å². The number of carbonyl (C=O) groups is 2. The summed E-state index contributed by atoms with van der Waals surface area (Å²) in [5.74, 6) is 0.724. The number of H-pyrrole nitrogens is 1. The van der Waals surface area contributed by atoms with Crippen LogP contribution in [0.25, 0.3) is 10.9 Å². The standard InChI is InChI=1S/C41H41N5O8S/c1-6-26-29-30(34(53-20(4)47)19(3)35-36(29)52-17-51-35)41(54-39(49)40(16-55-41)37-23(11-12-43-40)22-9-7-8-10-24(22)45-37)38-31-28-21(13-18(2)33(50-5)32(28)48)14-25(44-31)27(15-42)46(26)38/h7-10,13,25-27,31,38,43-45,48H,6,11-12,14,16-17H2,1-5H3/t25?,26-,27-,31?,38?,40+,41+/m0/s1. The maximum absolute atomic E-state index is 15.4. The Morgan fingerprint density at radius 2 is 1.98 bits per heavy atom. The molecule has 13 nitrogen and oxygen atoms in total. The zero-order valence-corrected chi connectivity index (χ0v) is 31.9. The third kappa shape index (κ3) is 4.40. The molecule has 7 atom stereocenters. The van der Waals surface area contributed by atoms with Crippen LogP contribution in [0.2, 0.25) is 0 Å². The molecule has 10 rings (SSSR count). The molecule has 3 unspecified atom stereocenters. The van der Waals surface area contributed by atoms with Gasteiger partial charge in [-0.3, -0.25) is 15.0 Å². The van der Waals surface area contributed by atoms with E-state index in [1.807, 2.05) is 45.0 Å². The molecule has 7 heterocycles. The highest BCUT2D eigenvalue weighted by atomic mass is 32.2. The molecule has 0 amide bonds. The Hall–Kier alpha value is -4.94. The smallest absolute Gasteiger partial charge is 0.335 e. The SMILES string of the molecule is CC[C@H]1c2c3c(c(C)c(OC(C)=O)c2[C@]2(OC(=O)[C@]4(CS2)NCCc2c4[nH]c4ccccc24)C2C4NC(Cc5cc(C)c(OC)c(O)c54)[C@H](C#N)N21)OCO3. The number of aromatic nitrogens is 1. The zero-order chi connectivity index (χ0) is 38.1. The van der Waals surface area contributed by atoms with Gasteiger partial charge in [0.15, 0.2) is 28.5 Å². The number of methoxy groups -OCH3 is 1. The van der Waals surface area contributed by atoms with E-state index < -0.39 is 46.6 Å². The third-order valence-electron chi connectivity index (χ3n) is 12.6. The van der Waals surface area contributed by atoms with Gasteiger partial charge in [0.1, 0.15) is 11.8 Å². The molecule has 6 aliphatic heterocycles. The van der Waals surface area contributed by atoms with Gasteiger partial charge in [-0.15, -0.1) is 11.8 Å². The number of fused-ring (bicyclic) bond motifs is 15. The molecule has 4 aromatic rings. The van der Waals surface area contributed by atoms with E-state index >= 15 is 4.79 Å². The lowest BCUT2D eigenvalue weighted by Gasteiger charge is -2.63. The van der Waals surface area contributed by atoms with Crippen molar-refractivity contribution in [3.63, 3.8) is 0 Å². The number of thioether (sulfide) groups is 1. The molecule has 6 aliphatic rings. The molecular weight excluding hydrogens is 723 g/mol. The summed E-state index contributed by atoms with van der Waals surface area (Å²) in [7, 11) is 1.53. The molecule has 2 fully saturated rings. The van der Waals surface area contributed by atoms with Gasteiger partial charge in [-0.05, 0) is 55.9 Å². The second-order valence-electron chi connectivity index (χ2n) is 15.3. The highest BCUT2D eigenvalue weighted by molar-refractivity contribution is 8.00. The number of carbonyl (C=O) groups excluding carboxylic acids is 2. The second-order valence-corrected chi connectivity index (χ2v) is 16.5. The molecule has 1 aromatic heterocycles. The summed E-state index contributed by atoms with van der Waals surface area (Å²) >= 11 is 1.44. The van der Waals surface area contributed by atoms with Gasteiger partial charge in [0, 0.05) is 58.9 Å². The molecule has 0 saturated carbocycles. The third-order valence-corrected chi connectivity index (χ3v) is 14.2. The van der Waals surface area contributed by atoms with E-state index in [1.54, 1.807) is 0 Å². The topological polar surface area (TPSA) is 167 Å². The highest BCUT2D eigenvalue weighted by Crippen LogP contribution is 2.67. The summed E-state index contributed by atoms with van der Waals surface area (Å²) < 4.78 is 31.4. The summed E-state index contributed by atoms with van der Waals surface area (Å²) in [4.78, 5) is 32.6. The van der Waals surface area contributed by atoms with Gasteiger partial charge in [0.05, 0.1) is 36.5 Å². The molecule has 55 heavy (non-hydrogen) atoms. The number of ether oxygens (including phenoxy) is 5. The maximum atomic E-state index is 15.4. The van der Waals surface area contributed by atoms with Crippen molar-refractivity contribution in [2.75, 3.05) is 26.2 Å². The average molecular weight is 764 g/mol. The van der Waals surface area contributed by atoms with E-state index in [1.165, 1.54) is 25.8 Å². The Balaban J connectivity index is 1.27. The first-order valence-electron chi connectivity index (χ1n) is 18.8. The van der Waals surface area contributed by atoms with E-state index in [2.05, 4.69) is 32.7 Å². The van der Waals surface area contributed by atoms with Gasteiger partial charge in [-0.1, -0.05) is 31.2 Å². The van der Waals surface area contributed by atoms with Gasteiger partial charge < -0.3 is 39.1 Å². The Kier molecular flexibility index (Phi) is 7.55. The molecule has 14 heteroatoms. The van der Waals surface area contributed by atoms with Crippen LogP contribution in [0.5, 0.6) is 28.7 Å². The number of aromatic amines is 1. The number of piperazine rings is 1. The molecule has 2 spiro atoms. The van der Waals surface area contributed by atoms with Crippen molar-refractivity contribution >= 4 is 34.6 Å². The van der Waals surface area contributed by atoms with Crippen molar-refractivity contribution in [2.24, 2.45) is 0 Å². The summed E-state index contributed by atoms with van der Waals surface area (Å²) in [5.41, 5.74) is 5.54. The van der Waals surface area contributed by atoms with E-state index in [0.29, 0.717) is 58.9 Å². The number of phenols is 1. The lowest BCUT2D eigenvalue weighted by atomic mass is 9.70. The second kappa shape index (κ2) is 12.0. The monoisotopic (exact) mass is 763 g/mol. The lowest BCUT2D eigenvalue weighted by Crippen LogP contribution is -2.74. The Bertz CT molecular complexity index is 2410. The number of benzene rings is 3. The largest absolute Gasteiger partial charge is 0.504 e. The lowest BCUT2D eigenvalue weighted by molar-refractivity contribution is -0.177. The minimum absolute atomic E-state index is 0.000139. The van der Waals surface area contributed by atoms with Gasteiger partial charge in [-0.2, -0.15) is 5.26 Å². The summed E-state index contributed by atoms with van der Waals surface area (Å²) in [6.45, 7) is 7.60. The predicted molar refractivity (Wildman–Crippen MR) is 201 cm³/mol. The molecule has 3 aromatic carbocycles. The van der Waals surface area contributed by atoms with Crippen molar-refractivity contribution in [1.29, 1.82) is 5.26 Å². The van der Waals surface area contributed by atoms with Gasteiger partial charge in [0.2, 0.25) is 11.7 Å². The van der Waals surface area contributed by atoms with Crippen LogP contribution < -0.4 is 29.6 Å². The molecular formula is C41H41N5O8S. The van der Waals surface area contributed by atoms with Crippen LogP contribution in [0.3, 0.4) is 0 Å². The van der Waals surface area contributed by atoms with Crippen LogP contribution in [0, 0.1) is 25.2 Å². The van der Waals surface area contributed by atoms with Crippen LogP contribution in [-0.4, -0.2) is 71.3 Å². The summed E-state index contributed by atoms with van der Waals surface area (Å²) in [6.07, 6.45) is 1.75. The first-order valence-corrected chi connectivity index (χ1v) is 19.8. The minimum atomic E-state index is -1.60. The van der Waals surface area contributed by atoms with Crippen molar-refractivity contribution in [3.05, 3.63) is 75.0 Å². The number of hydrogen-bond acceptors (Lipinski definition) is 13. The first-order chi connectivity index (χ1) is 26.6. The van der Waals surface area contributed by atoms with Crippen LogP contribution in [0.4, 0.5) is 0 Å². The fourth-order valence-electron chi connectivity index (χ4n) is 10.6. The maximum Gasteiger partial charge on any atom is 0.335 e. The van der Waals surface area contributed by atoms with E-state index in [4.69, 9.17) is 23.7 Å². The van der Waals surface area contributed by atoms with E-state index in [0.717, 1.165) is 39.7 Å². The fourth-order valence-corrected chi connectivity index (χ4v) is 12.3. The normalized spacial score (nSPS) is 29.9. The molecule has 0 aliphatic carbocycles. The van der Waals surface area contributed by atoms with Crippen LogP contribution >= 0.6 is 11.8 Å². The van der Waals surface area contributed by atoms with Gasteiger partial charge in [-0.25, -0.2) is 4.79 Å². The van der Waals surface area contributed by atoms with Crippen molar-refractivity contribution in [1.82, 2.24) is 20.5 Å². The van der Waals surface area contributed by atoms with Crippen molar-refractivity contribution < 1.29 is 38.4 Å². The van der Waals surface area contributed by atoms with Crippen LogP contribution in [0.15, 0.2) is 30.3 Å². The van der Waals surface area contributed by atoms with E-state index in [-0.39, 0.29) is 30.1 Å². The summed E-state index contributed by atoms with van der Waals surface area (Å²) in [6, 6.07) is 9.80. The van der Waals surface area contributed by atoms with Crippen molar-refractivity contribution in [3.8, 4) is 34.8 Å². The molecule has 284 valence electrons. The molecule has 2 saturated heterocycles.